The first-order chi connectivity index (χ1) is 10.2. The van der Waals surface area contributed by atoms with E-state index in [1.165, 1.54) is 19.1 Å². The highest BCUT2D eigenvalue weighted by Gasteiger charge is 2.60. The van der Waals surface area contributed by atoms with Gasteiger partial charge in [-0.15, -0.1) is 0 Å². The number of benzene rings is 1. The third-order valence-corrected chi connectivity index (χ3v) is 5.65. The Morgan fingerprint density at radius 2 is 1.73 bits per heavy atom. The van der Waals surface area contributed by atoms with Crippen molar-refractivity contribution in [3.05, 3.63) is 17.7 Å². The molecule has 3 aliphatic carbocycles. The number of carbonyl (C=O) groups is 1. The van der Waals surface area contributed by atoms with E-state index in [0.717, 1.165) is 6.42 Å². The van der Waals surface area contributed by atoms with Gasteiger partial charge in [-0.1, -0.05) is 13.8 Å². The molecule has 0 radical (unpaired) electrons. The van der Waals surface area contributed by atoms with Crippen molar-refractivity contribution in [1.29, 1.82) is 0 Å². The van der Waals surface area contributed by atoms with Crippen molar-refractivity contribution in [1.82, 2.24) is 0 Å². The molecule has 120 valence electrons. The summed E-state index contributed by atoms with van der Waals surface area (Å²) >= 11 is 0. The summed E-state index contributed by atoms with van der Waals surface area (Å²) in [5.41, 5.74) is 0.436. The van der Waals surface area contributed by atoms with E-state index in [1.807, 2.05) is 0 Å². The first-order valence-corrected chi connectivity index (χ1v) is 7.64. The van der Waals surface area contributed by atoms with Crippen molar-refractivity contribution in [3.63, 3.8) is 0 Å². The second-order valence-corrected chi connectivity index (χ2v) is 7.16. The summed E-state index contributed by atoms with van der Waals surface area (Å²) in [5, 5.41) is 29.8. The maximum atomic E-state index is 11.4. The van der Waals surface area contributed by atoms with Crippen molar-refractivity contribution in [2.75, 3.05) is 0 Å². The van der Waals surface area contributed by atoms with E-state index in [-0.39, 0.29) is 40.7 Å². The smallest absolute Gasteiger partial charge is 0.302 e. The lowest BCUT2D eigenvalue weighted by Gasteiger charge is -2.62. The number of carbonyl (C=O) groups excluding carboxylic acids is 1. The summed E-state index contributed by atoms with van der Waals surface area (Å²) in [4.78, 5) is 11.4. The van der Waals surface area contributed by atoms with Crippen molar-refractivity contribution in [2.24, 2.45) is 17.3 Å². The van der Waals surface area contributed by atoms with Crippen LogP contribution in [-0.2, 0) is 9.53 Å². The van der Waals surface area contributed by atoms with Crippen LogP contribution in [0.3, 0.4) is 0 Å². The van der Waals surface area contributed by atoms with Crippen molar-refractivity contribution in [3.8, 4) is 17.2 Å². The van der Waals surface area contributed by atoms with E-state index in [1.54, 1.807) is 0 Å². The molecule has 5 heteroatoms. The van der Waals surface area contributed by atoms with Gasteiger partial charge in [0.2, 0.25) is 0 Å². The minimum Gasteiger partial charge on any atom is -0.508 e. The van der Waals surface area contributed by atoms with Crippen molar-refractivity contribution < 1.29 is 24.9 Å². The maximum absolute atomic E-state index is 11.4. The number of fused-ring (bicyclic) bond motifs is 2. The van der Waals surface area contributed by atoms with Gasteiger partial charge in [0.05, 0.1) is 0 Å². The predicted molar refractivity (Wildman–Crippen MR) is 79.7 cm³/mol. The first kappa shape index (κ1) is 15.0. The average molecular weight is 306 g/mol. The molecular weight excluding hydrogens is 284 g/mol. The monoisotopic (exact) mass is 306 g/mol. The van der Waals surface area contributed by atoms with Gasteiger partial charge in [-0.2, -0.15) is 0 Å². The average Bonchev–Trinajstić information content (AvgIpc) is 2.35. The molecular formula is C17H22O5. The molecule has 1 aromatic rings. The number of rotatable bonds is 2. The Balaban J connectivity index is 1.99. The van der Waals surface area contributed by atoms with Gasteiger partial charge in [0.25, 0.3) is 0 Å². The summed E-state index contributed by atoms with van der Waals surface area (Å²) < 4.78 is 5.48. The maximum Gasteiger partial charge on any atom is 0.302 e. The SMILES string of the molecule is CC(=O)OC1C[C@@H](c2c(O)cc(O)cc2O)C2C[C@H]1C2(C)C. The molecule has 3 saturated carbocycles. The molecule has 0 heterocycles. The molecule has 0 amide bonds. The van der Waals surface area contributed by atoms with E-state index in [0.29, 0.717) is 23.8 Å². The topological polar surface area (TPSA) is 87.0 Å². The van der Waals surface area contributed by atoms with Gasteiger partial charge >= 0.3 is 5.97 Å². The Morgan fingerprint density at radius 3 is 2.23 bits per heavy atom. The fourth-order valence-corrected chi connectivity index (χ4v) is 4.54. The van der Waals surface area contributed by atoms with Crippen LogP contribution in [0.2, 0.25) is 0 Å². The number of ether oxygens (including phenoxy) is 1. The molecule has 3 N–H and O–H groups in total. The highest BCUT2D eigenvalue weighted by Crippen LogP contribution is 2.66. The Labute approximate surface area is 129 Å². The summed E-state index contributed by atoms with van der Waals surface area (Å²) in [6.45, 7) is 5.69. The molecule has 22 heavy (non-hydrogen) atoms. The number of hydrogen-bond acceptors (Lipinski definition) is 5. The zero-order valence-corrected chi connectivity index (χ0v) is 13.0. The van der Waals surface area contributed by atoms with Gasteiger partial charge in [-0.3, -0.25) is 4.79 Å². The third-order valence-electron chi connectivity index (χ3n) is 5.65. The van der Waals surface area contributed by atoms with Crippen LogP contribution in [0, 0.1) is 17.3 Å². The van der Waals surface area contributed by atoms with Gasteiger partial charge < -0.3 is 20.1 Å². The first-order valence-electron chi connectivity index (χ1n) is 7.64. The second kappa shape index (κ2) is 4.80. The van der Waals surface area contributed by atoms with Crippen molar-refractivity contribution >= 4 is 5.97 Å². The minimum absolute atomic E-state index is 0.0141. The molecule has 0 saturated heterocycles. The molecule has 3 aliphatic rings. The Bertz CT molecular complexity index is 598. The molecule has 4 rings (SSSR count). The van der Waals surface area contributed by atoms with Gasteiger partial charge in [0.1, 0.15) is 23.4 Å². The molecule has 2 bridgehead atoms. The summed E-state index contributed by atoms with van der Waals surface area (Å²) in [7, 11) is 0. The number of esters is 1. The van der Waals surface area contributed by atoms with Crippen LogP contribution in [0.4, 0.5) is 0 Å². The van der Waals surface area contributed by atoms with Gasteiger partial charge in [-0.25, -0.2) is 0 Å². The molecule has 1 aromatic carbocycles. The van der Waals surface area contributed by atoms with E-state index < -0.39 is 0 Å². The third kappa shape index (κ3) is 2.11. The Kier molecular flexibility index (Phi) is 3.27. The van der Waals surface area contributed by atoms with Gasteiger partial charge in [0.15, 0.2) is 0 Å². The van der Waals surface area contributed by atoms with Crippen LogP contribution in [0.1, 0.15) is 45.1 Å². The molecule has 0 spiro atoms. The van der Waals surface area contributed by atoms with Crippen LogP contribution in [0.15, 0.2) is 12.1 Å². The number of phenolic OH excluding ortho intramolecular Hbond substituents is 3. The molecule has 4 atom stereocenters. The zero-order chi connectivity index (χ0) is 16.2. The van der Waals surface area contributed by atoms with Gasteiger partial charge in [0, 0.05) is 30.5 Å². The highest BCUT2D eigenvalue weighted by atomic mass is 16.5. The van der Waals surface area contributed by atoms with Crippen molar-refractivity contribution in [2.45, 2.75) is 45.6 Å². The summed E-state index contributed by atoms with van der Waals surface area (Å²) in [6.07, 6.45) is 1.30. The standard InChI is InChI=1S/C17H22O5/c1-8(18)22-15-6-10(11-7-12(15)17(11,2)3)16-13(20)4-9(19)5-14(16)21/h4-5,10-12,15,19-21H,6-7H2,1-3H3/t10-,11?,12-,15?/m1/s1. The zero-order valence-electron chi connectivity index (χ0n) is 13.0. The molecule has 3 fully saturated rings. The van der Waals surface area contributed by atoms with E-state index in [4.69, 9.17) is 4.74 Å². The molecule has 0 aromatic heterocycles. The summed E-state index contributed by atoms with van der Waals surface area (Å²) in [6, 6.07) is 2.49. The van der Waals surface area contributed by atoms with E-state index in [2.05, 4.69) is 13.8 Å². The van der Waals surface area contributed by atoms with Crippen LogP contribution in [0.5, 0.6) is 17.2 Å². The number of phenols is 3. The van der Waals surface area contributed by atoms with Gasteiger partial charge in [-0.05, 0) is 30.1 Å². The number of hydrogen-bond donors (Lipinski definition) is 3. The second-order valence-electron chi connectivity index (χ2n) is 7.16. The normalized spacial score (nSPS) is 32.1. The lowest BCUT2D eigenvalue weighted by molar-refractivity contribution is -0.185. The highest BCUT2D eigenvalue weighted by molar-refractivity contribution is 5.66. The van der Waals surface area contributed by atoms with Crippen LogP contribution >= 0.6 is 0 Å². The molecule has 5 nitrogen and oxygen atoms in total. The predicted octanol–water partition coefficient (Wildman–Crippen LogP) is 2.88. The van der Waals surface area contributed by atoms with Crippen LogP contribution in [-0.4, -0.2) is 27.4 Å². The molecule has 0 aliphatic heterocycles. The Hall–Kier alpha value is -1.91. The fourth-order valence-electron chi connectivity index (χ4n) is 4.54. The summed E-state index contributed by atoms with van der Waals surface area (Å²) in [5.74, 6) is -0.147. The largest absolute Gasteiger partial charge is 0.508 e. The Morgan fingerprint density at radius 1 is 1.14 bits per heavy atom. The fraction of sp³-hybridized carbons (Fsp3) is 0.588. The lowest BCUT2D eigenvalue weighted by atomic mass is 9.43. The minimum atomic E-state index is -0.302. The van der Waals surface area contributed by atoms with E-state index >= 15 is 0 Å². The van der Waals surface area contributed by atoms with Crippen LogP contribution < -0.4 is 0 Å². The number of aromatic hydroxyl groups is 3. The van der Waals surface area contributed by atoms with Crippen LogP contribution in [0.25, 0.3) is 0 Å². The molecule has 2 unspecified atom stereocenters. The quantitative estimate of drug-likeness (QED) is 0.731. The lowest BCUT2D eigenvalue weighted by Crippen LogP contribution is -2.58. The van der Waals surface area contributed by atoms with E-state index in [9.17, 15) is 20.1 Å².